The molecule has 1 saturated carbocycles. The van der Waals surface area contributed by atoms with Crippen molar-refractivity contribution in [1.29, 1.82) is 0 Å². The fourth-order valence-electron chi connectivity index (χ4n) is 2.74. The van der Waals surface area contributed by atoms with Gasteiger partial charge in [0.15, 0.2) is 0 Å². The third-order valence-corrected chi connectivity index (χ3v) is 5.30. The highest BCUT2D eigenvalue weighted by molar-refractivity contribution is 7.79. The van der Waals surface area contributed by atoms with Gasteiger partial charge in [0.2, 0.25) is 0 Å². The Morgan fingerprint density at radius 2 is 2.62 bits per heavy atom. The van der Waals surface area contributed by atoms with E-state index in [9.17, 15) is 8.76 Å². The molecule has 3 aliphatic rings. The molecular weight excluding hydrogens is 209 g/mol. The summed E-state index contributed by atoms with van der Waals surface area (Å²) in [5.74, 6) is 0.899. The van der Waals surface area contributed by atoms with Crippen LogP contribution in [0.4, 0.5) is 0 Å². The zero-order chi connectivity index (χ0) is 9.05. The van der Waals surface area contributed by atoms with Gasteiger partial charge in [0.25, 0.3) is 0 Å². The normalized spacial score (nSPS) is 52.1. The van der Waals surface area contributed by atoms with Crippen LogP contribution in [0.25, 0.3) is 0 Å². The molecule has 5 atom stereocenters. The average Bonchev–Trinajstić information content (AvgIpc) is 2.52. The lowest BCUT2D eigenvalue weighted by Gasteiger charge is -2.21. The molecule has 74 valence electrons. The molecule has 0 bridgehead atoms. The van der Waals surface area contributed by atoms with Crippen LogP contribution < -0.4 is 0 Å². The van der Waals surface area contributed by atoms with E-state index in [1.165, 1.54) is 6.42 Å². The van der Waals surface area contributed by atoms with Crippen LogP contribution >= 0.6 is 8.96 Å². The minimum absolute atomic E-state index is 0.0448. The van der Waals surface area contributed by atoms with Crippen molar-refractivity contribution >= 4 is 20.0 Å². The maximum atomic E-state index is 10.6. The molecule has 4 nitrogen and oxygen atoms in total. The summed E-state index contributed by atoms with van der Waals surface area (Å²) in [6.07, 6.45) is 2.34. The lowest BCUT2D eigenvalue weighted by Crippen LogP contribution is -2.37. The van der Waals surface area contributed by atoms with Gasteiger partial charge in [0, 0.05) is 12.3 Å². The van der Waals surface area contributed by atoms with E-state index >= 15 is 0 Å². The first-order chi connectivity index (χ1) is 6.23. The van der Waals surface area contributed by atoms with E-state index < -0.39 is 11.1 Å². The van der Waals surface area contributed by atoms with Crippen molar-refractivity contribution in [3.05, 3.63) is 0 Å². The molecule has 1 aliphatic carbocycles. The van der Waals surface area contributed by atoms with Crippen LogP contribution in [0, 0.1) is 5.92 Å². The van der Waals surface area contributed by atoms with Gasteiger partial charge in [-0.15, -0.1) is 0 Å². The van der Waals surface area contributed by atoms with E-state index in [2.05, 4.69) is 4.67 Å². The van der Waals surface area contributed by atoms with Gasteiger partial charge in [-0.1, -0.05) is 11.1 Å². The summed E-state index contributed by atoms with van der Waals surface area (Å²) < 4.78 is 29.1. The lowest BCUT2D eigenvalue weighted by atomic mass is 10.1. The van der Waals surface area contributed by atoms with Crippen LogP contribution in [0.1, 0.15) is 12.8 Å². The Kier molecular flexibility index (Phi) is 1.84. The third-order valence-electron chi connectivity index (χ3n) is 3.47. The Morgan fingerprint density at radius 3 is 3.31 bits per heavy atom. The van der Waals surface area contributed by atoms with Gasteiger partial charge in [-0.25, -0.2) is 0 Å². The van der Waals surface area contributed by atoms with Crippen LogP contribution in [0.5, 0.6) is 0 Å². The minimum Gasteiger partial charge on any atom is -0.772 e. The lowest BCUT2D eigenvalue weighted by molar-refractivity contribution is 0.210. The average molecular weight is 220 g/mol. The SMILES string of the molecule is O=S([O-])CC1OPN2CCC3CC312. The van der Waals surface area contributed by atoms with Crippen molar-refractivity contribution < 1.29 is 13.3 Å². The van der Waals surface area contributed by atoms with Crippen molar-refractivity contribution in [2.45, 2.75) is 24.5 Å². The molecule has 2 heterocycles. The van der Waals surface area contributed by atoms with Crippen LogP contribution in [0.3, 0.4) is 0 Å². The molecule has 6 heteroatoms. The maximum absolute atomic E-state index is 10.6. The quantitative estimate of drug-likeness (QED) is 0.494. The predicted molar refractivity (Wildman–Crippen MR) is 49.1 cm³/mol. The predicted octanol–water partition coefficient (Wildman–Crippen LogP) is 0.237. The number of rotatable bonds is 2. The maximum Gasteiger partial charge on any atom is 0.0925 e. The second-order valence-electron chi connectivity index (χ2n) is 4.00. The van der Waals surface area contributed by atoms with Crippen LogP contribution in [-0.2, 0) is 15.6 Å². The van der Waals surface area contributed by atoms with Gasteiger partial charge in [-0.3, -0.25) is 8.88 Å². The molecule has 3 fully saturated rings. The molecule has 0 amide bonds. The van der Waals surface area contributed by atoms with Gasteiger partial charge in [0.05, 0.1) is 20.6 Å². The molecule has 0 radical (unpaired) electrons. The monoisotopic (exact) mass is 220 g/mol. The van der Waals surface area contributed by atoms with Crippen molar-refractivity contribution in [1.82, 2.24) is 4.67 Å². The second kappa shape index (κ2) is 2.74. The molecule has 3 rings (SSSR count). The summed E-state index contributed by atoms with van der Waals surface area (Å²) in [6, 6.07) is 0. The first-order valence-electron chi connectivity index (χ1n) is 4.48. The molecule has 0 aromatic heterocycles. The van der Waals surface area contributed by atoms with Gasteiger partial charge < -0.3 is 9.08 Å². The summed E-state index contributed by atoms with van der Waals surface area (Å²) >= 11 is -1.96. The summed E-state index contributed by atoms with van der Waals surface area (Å²) in [4.78, 5) is 0. The molecule has 0 N–H and O–H groups in total. The fourth-order valence-corrected chi connectivity index (χ4v) is 4.82. The Labute approximate surface area is 81.2 Å². The Morgan fingerprint density at radius 1 is 1.77 bits per heavy atom. The van der Waals surface area contributed by atoms with E-state index in [0.717, 1.165) is 18.9 Å². The molecule has 13 heavy (non-hydrogen) atoms. The van der Waals surface area contributed by atoms with Gasteiger partial charge >= 0.3 is 0 Å². The number of piperidine rings is 1. The van der Waals surface area contributed by atoms with Crippen molar-refractivity contribution in [3.8, 4) is 0 Å². The topological polar surface area (TPSA) is 52.6 Å². The van der Waals surface area contributed by atoms with Crippen LogP contribution in [0.15, 0.2) is 0 Å². The minimum atomic E-state index is -1.96. The van der Waals surface area contributed by atoms with Crippen LogP contribution in [0.2, 0.25) is 0 Å². The van der Waals surface area contributed by atoms with E-state index in [0.29, 0.717) is 8.96 Å². The largest absolute Gasteiger partial charge is 0.772 e. The summed E-state index contributed by atoms with van der Waals surface area (Å²) in [7, 11) is 0.395. The highest BCUT2D eigenvalue weighted by Gasteiger charge is 2.69. The summed E-state index contributed by atoms with van der Waals surface area (Å²) in [6.45, 7) is 1.10. The molecule has 0 aromatic carbocycles. The highest BCUT2D eigenvalue weighted by Crippen LogP contribution is 2.66. The number of nitrogens with zero attached hydrogens (tertiary/aromatic N) is 1. The summed E-state index contributed by atoms with van der Waals surface area (Å²) in [5.41, 5.74) is 0.151. The Balaban J connectivity index is 1.80. The molecule has 1 spiro atoms. The first-order valence-corrected chi connectivity index (χ1v) is 6.58. The zero-order valence-corrected chi connectivity index (χ0v) is 8.88. The third kappa shape index (κ3) is 1.08. The smallest absolute Gasteiger partial charge is 0.0925 e. The highest BCUT2D eigenvalue weighted by atomic mass is 32.2. The van der Waals surface area contributed by atoms with E-state index in [1.807, 2.05) is 0 Å². The standard InChI is InChI=1S/C7H12NO3PS/c9-13(10)4-6-7-3-5(7)1-2-8(7)12-11-6/h5-6,12H,1-4H2,(H,9,10)/p-1. The molecule has 2 aliphatic heterocycles. The Hall–Kier alpha value is 0.460. The fraction of sp³-hybridized carbons (Fsp3) is 1.00. The molecule has 5 unspecified atom stereocenters. The first kappa shape index (κ1) is 8.74. The van der Waals surface area contributed by atoms with Gasteiger partial charge in [0.1, 0.15) is 0 Å². The van der Waals surface area contributed by atoms with Crippen LogP contribution in [-0.4, -0.2) is 37.4 Å². The zero-order valence-electron chi connectivity index (χ0n) is 7.06. The van der Waals surface area contributed by atoms with E-state index in [1.54, 1.807) is 0 Å². The second-order valence-corrected chi connectivity index (χ2v) is 5.90. The van der Waals surface area contributed by atoms with Crippen molar-refractivity contribution in [3.63, 3.8) is 0 Å². The van der Waals surface area contributed by atoms with Crippen molar-refractivity contribution in [2.75, 3.05) is 12.3 Å². The summed E-state index contributed by atoms with van der Waals surface area (Å²) in [5, 5.41) is 0. The van der Waals surface area contributed by atoms with Crippen molar-refractivity contribution in [2.24, 2.45) is 5.92 Å². The van der Waals surface area contributed by atoms with Gasteiger partial charge in [-0.2, -0.15) is 0 Å². The number of hydrogen-bond acceptors (Lipinski definition) is 4. The number of hydrogen-bond donors (Lipinski definition) is 0. The molecule has 0 aromatic rings. The van der Waals surface area contributed by atoms with E-state index in [-0.39, 0.29) is 17.4 Å². The molecule has 2 saturated heterocycles. The Bertz CT molecular complexity index is 276. The molecular formula is C7H11NO3PS-. The van der Waals surface area contributed by atoms with Gasteiger partial charge in [-0.05, 0) is 18.8 Å². The van der Waals surface area contributed by atoms with E-state index in [4.69, 9.17) is 4.52 Å².